The van der Waals surface area contributed by atoms with Gasteiger partial charge in [0.05, 0.1) is 13.2 Å². The van der Waals surface area contributed by atoms with Gasteiger partial charge in [0.1, 0.15) is 6.54 Å². The summed E-state index contributed by atoms with van der Waals surface area (Å²) in [5, 5.41) is 3.10. The molecular formula is C12H20F3N3O2. The molecule has 20 heavy (non-hydrogen) atoms. The molecule has 0 aromatic heterocycles. The minimum atomic E-state index is -4.37. The molecule has 0 aromatic carbocycles. The van der Waals surface area contributed by atoms with E-state index in [0.717, 1.165) is 4.90 Å². The van der Waals surface area contributed by atoms with Crippen molar-refractivity contribution in [2.45, 2.75) is 25.1 Å². The van der Waals surface area contributed by atoms with E-state index in [-0.39, 0.29) is 6.04 Å². The zero-order valence-corrected chi connectivity index (χ0v) is 11.3. The van der Waals surface area contributed by atoms with Crippen LogP contribution < -0.4 is 5.32 Å². The van der Waals surface area contributed by atoms with Gasteiger partial charge in [0.15, 0.2) is 0 Å². The lowest BCUT2D eigenvalue weighted by molar-refractivity contribution is -0.146. The molecule has 0 radical (unpaired) electrons. The summed E-state index contributed by atoms with van der Waals surface area (Å²) in [6.45, 7) is 1.62. The van der Waals surface area contributed by atoms with Crippen LogP contribution in [0.15, 0.2) is 0 Å². The SMILES string of the molecule is O=C(N1CCOCC1)N(CC(F)(F)F)C1CCNCC1. The second-order valence-electron chi connectivity index (χ2n) is 5.11. The van der Waals surface area contributed by atoms with Gasteiger partial charge >= 0.3 is 12.2 Å². The van der Waals surface area contributed by atoms with E-state index in [9.17, 15) is 18.0 Å². The van der Waals surface area contributed by atoms with Crippen LogP contribution in [0.5, 0.6) is 0 Å². The quantitative estimate of drug-likeness (QED) is 0.828. The number of piperidine rings is 1. The standard InChI is InChI=1S/C12H20F3N3O2/c13-12(14,15)9-18(10-1-3-16-4-2-10)11(19)17-5-7-20-8-6-17/h10,16H,1-9H2. The van der Waals surface area contributed by atoms with Crippen LogP contribution in [0.25, 0.3) is 0 Å². The predicted octanol–water partition coefficient (Wildman–Crippen LogP) is 1.05. The molecule has 5 nitrogen and oxygen atoms in total. The maximum Gasteiger partial charge on any atom is 0.406 e. The van der Waals surface area contributed by atoms with E-state index >= 15 is 0 Å². The van der Waals surface area contributed by atoms with E-state index < -0.39 is 18.8 Å². The van der Waals surface area contributed by atoms with Crippen LogP contribution in [-0.2, 0) is 4.74 Å². The number of alkyl halides is 3. The molecule has 0 unspecified atom stereocenters. The fourth-order valence-electron chi connectivity index (χ4n) is 2.60. The molecular weight excluding hydrogens is 275 g/mol. The molecule has 0 saturated carbocycles. The summed E-state index contributed by atoms with van der Waals surface area (Å²) >= 11 is 0. The maximum absolute atomic E-state index is 12.7. The zero-order chi connectivity index (χ0) is 14.6. The molecule has 8 heteroatoms. The van der Waals surface area contributed by atoms with Gasteiger partial charge in [0, 0.05) is 19.1 Å². The summed E-state index contributed by atoms with van der Waals surface area (Å²) in [6, 6.07) is -0.856. The molecule has 2 saturated heterocycles. The van der Waals surface area contributed by atoms with Gasteiger partial charge in [-0.05, 0) is 25.9 Å². The van der Waals surface area contributed by atoms with Gasteiger partial charge < -0.3 is 19.9 Å². The van der Waals surface area contributed by atoms with Gasteiger partial charge in [-0.25, -0.2) is 4.79 Å². The highest BCUT2D eigenvalue weighted by atomic mass is 19.4. The minimum absolute atomic E-state index is 0.340. The molecule has 2 amide bonds. The van der Waals surface area contributed by atoms with E-state index in [1.165, 1.54) is 4.90 Å². The highest BCUT2D eigenvalue weighted by Crippen LogP contribution is 2.22. The lowest BCUT2D eigenvalue weighted by atomic mass is 10.1. The van der Waals surface area contributed by atoms with E-state index in [1.54, 1.807) is 0 Å². The second-order valence-corrected chi connectivity index (χ2v) is 5.11. The van der Waals surface area contributed by atoms with Gasteiger partial charge in [-0.2, -0.15) is 13.2 Å². The smallest absolute Gasteiger partial charge is 0.378 e. The number of halogens is 3. The van der Waals surface area contributed by atoms with Crippen LogP contribution in [-0.4, -0.2) is 74.0 Å². The van der Waals surface area contributed by atoms with Crippen molar-refractivity contribution >= 4 is 6.03 Å². The van der Waals surface area contributed by atoms with Crippen LogP contribution >= 0.6 is 0 Å². The topological polar surface area (TPSA) is 44.8 Å². The predicted molar refractivity (Wildman–Crippen MR) is 66.4 cm³/mol. The Morgan fingerprint density at radius 2 is 1.85 bits per heavy atom. The van der Waals surface area contributed by atoms with Gasteiger partial charge in [0.2, 0.25) is 0 Å². The Morgan fingerprint density at radius 1 is 1.25 bits per heavy atom. The van der Waals surface area contributed by atoms with E-state index in [2.05, 4.69) is 5.32 Å². The molecule has 1 N–H and O–H groups in total. The average molecular weight is 295 g/mol. The number of hydrogen-bond acceptors (Lipinski definition) is 3. The summed E-state index contributed by atoms with van der Waals surface area (Å²) in [5.41, 5.74) is 0. The third kappa shape index (κ3) is 4.24. The normalized spacial score (nSPS) is 21.9. The van der Waals surface area contributed by atoms with Crippen molar-refractivity contribution in [1.29, 1.82) is 0 Å². The van der Waals surface area contributed by atoms with Crippen LogP contribution in [0.1, 0.15) is 12.8 Å². The third-order valence-electron chi connectivity index (χ3n) is 3.63. The molecule has 0 bridgehead atoms. The van der Waals surface area contributed by atoms with Crippen molar-refractivity contribution in [3.05, 3.63) is 0 Å². The number of hydrogen-bond donors (Lipinski definition) is 1. The number of carbonyl (C=O) groups is 1. The Kier molecular flexibility index (Phi) is 5.09. The molecule has 2 aliphatic heterocycles. The highest BCUT2D eigenvalue weighted by molar-refractivity contribution is 5.75. The molecule has 2 rings (SSSR count). The second kappa shape index (κ2) is 6.62. The summed E-state index contributed by atoms with van der Waals surface area (Å²) in [4.78, 5) is 14.8. The van der Waals surface area contributed by atoms with Crippen molar-refractivity contribution < 1.29 is 22.7 Å². The Bertz CT molecular complexity index is 326. The van der Waals surface area contributed by atoms with Gasteiger partial charge in [-0.1, -0.05) is 0 Å². The van der Waals surface area contributed by atoms with E-state index in [4.69, 9.17) is 4.74 Å². The Balaban J connectivity index is 2.05. The summed E-state index contributed by atoms with van der Waals surface area (Å²) in [6.07, 6.45) is -3.24. The number of carbonyl (C=O) groups excluding carboxylic acids is 1. The van der Waals surface area contributed by atoms with Gasteiger partial charge in [0.25, 0.3) is 0 Å². The van der Waals surface area contributed by atoms with Crippen LogP contribution in [0.4, 0.5) is 18.0 Å². The highest BCUT2D eigenvalue weighted by Gasteiger charge is 2.38. The van der Waals surface area contributed by atoms with Crippen molar-refractivity contribution in [1.82, 2.24) is 15.1 Å². The Labute approximate surface area is 116 Å². The summed E-state index contributed by atoms with van der Waals surface area (Å²) in [5.74, 6) is 0. The van der Waals surface area contributed by atoms with Crippen molar-refractivity contribution in [2.24, 2.45) is 0 Å². The fraction of sp³-hybridized carbons (Fsp3) is 0.917. The minimum Gasteiger partial charge on any atom is -0.378 e. The van der Waals surface area contributed by atoms with Crippen molar-refractivity contribution in [2.75, 3.05) is 45.9 Å². The number of nitrogens with one attached hydrogen (secondary N) is 1. The monoisotopic (exact) mass is 295 g/mol. The van der Waals surface area contributed by atoms with Crippen molar-refractivity contribution in [3.8, 4) is 0 Å². The molecule has 0 aromatic rings. The molecule has 116 valence electrons. The van der Waals surface area contributed by atoms with Crippen molar-refractivity contribution in [3.63, 3.8) is 0 Å². The summed E-state index contributed by atoms with van der Waals surface area (Å²) in [7, 11) is 0. The van der Waals surface area contributed by atoms with Crippen LogP contribution in [0.3, 0.4) is 0 Å². The number of morpholine rings is 1. The summed E-state index contributed by atoms with van der Waals surface area (Å²) < 4.78 is 43.3. The molecule has 0 aliphatic carbocycles. The lowest BCUT2D eigenvalue weighted by Crippen LogP contribution is -2.56. The molecule has 0 atom stereocenters. The van der Waals surface area contributed by atoms with Gasteiger partial charge in [-0.15, -0.1) is 0 Å². The molecule has 2 aliphatic rings. The largest absolute Gasteiger partial charge is 0.406 e. The number of rotatable bonds is 2. The number of amides is 2. The first-order valence-corrected chi connectivity index (χ1v) is 6.88. The van der Waals surface area contributed by atoms with Crippen LogP contribution in [0, 0.1) is 0 Å². The maximum atomic E-state index is 12.7. The number of urea groups is 1. The fourth-order valence-corrected chi connectivity index (χ4v) is 2.60. The van der Waals surface area contributed by atoms with E-state index in [1.807, 2.05) is 0 Å². The molecule has 2 fully saturated rings. The first-order valence-electron chi connectivity index (χ1n) is 6.88. The zero-order valence-electron chi connectivity index (χ0n) is 11.3. The average Bonchev–Trinajstić information content (AvgIpc) is 2.45. The number of nitrogens with zero attached hydrogens (tertiary/aromatic N) is 2. The Morgan fingerprint density at radius 3 is 2.40 bits per heavy atom. The first-order chi connectivity index (χ1) is 9.47. The first kappa shape index (κ1) is 15.4. The Hall–Kier alpha value is -1.02. The third-order valence-corrected chi connectivity index (χ3v) is 3.63. The molecule has 2 heterocycles. The van der Waals surface area contributed by atoms with Gasteiger partial charge in [-0.3, -0.25) is 0 Å². The lowest BCUT2D eigenvalue weighted by Gasteiger charge is -2.39. The van der Waals surface area contributed by atoms with E-state index in [0.29, 0.717) is 52.2 Å². The van der Waals surface area contributed by atoms with Crippen LogP contribution in [0.2, 0.25) is 0 Å². The molecule has 0 spiro atoms. The number of ether oxygens (including phenoxy) is 1.